The Hall–Kier alpha value is -2.47. The molecule has 0 fully saturated rings. The first-order valence-electron chi connectivity index (χ1n) is 5.55. The Morgan fingerprint density at radius 3 is 2.65 bits per heavy atom. The molecule has 0 radical (unpaired) electrons. The van der Waals surface area contributed by atoms with E-state index in [1.165, 1.54) is 37.5 Å². The summed E-state index contributed by atoms with van der Waals surface area (Å²) in [4.78, 5) is 25.5. The Balaban J connectivity index is 2.36. The van der Waals surface area contributed by atoms with Gasteiger partial charge in [0.15, 0.2) is 5.78 Å². The van der Waals surface area contributed by atoms with Crippen LogP contribution in [0.2, 0.25) is 5.02 Å². The minimum absolute atomic E-state index is 0.0116. The van der Waals surface area contributed by atoms with Crippen molar-refractivity contribution in [1.29, 1.82) is 0 Å². The van der Waals surface area contributed by atoms with E-state index in [4.69, 9.17) is 16.3 Å². The summed E-state index contributed by atoms with van der Waals surface area (Å²) in [6.07, 6.45) is 2.89. The quantitative estimate of drug-likeness (QED) is 0.488. The number of pyridine rings is 1. The van der Waals surface area contributed by atoms with Crippen LogP contribution in [0.4, 0.5) is 5.69 Å². The minimum atomic E-state index is -0.610. The van der Waals surface area contributed by atoms with Gasteiger partial charge in [-0.15, -0.1) is 0 Å². The van der Waals surface area contributed by atoms with Gasteiger partial charge < -0.3 is 4.74 Å². The fourth-order valence-corrected chi connectivity index (χ4v) is 1.77. The number of halogens is 1. The van der Waals surface area contributed by atoms with E-state index in [1.807, 2.05) is 0 Å². The Morgan fingerprint density at radius 2 is 2.05 bits per heavy atom. The van der Waals surface area contributed by atoms with Gasteiger partial charge in [-0.25, -0.2) is 0 Å². The molecule has 0 aliphatic carbocycles. The molecule has 2 rings (SSSR count). The molecular weight excluding hydrogens is 284 g/mol. The molecule has 1 aromatic heterocycles. The smallest absolute Gasteiger partial charge is 0.280 e. The summed E-state index contributed by atoms with van der Waals surface area (Å²) in [5.74, 6) is 0.261. The zero-order valence-corrected chi connectivity index (χ0v) is 11.1. The summed E-state index contributed by atoms with van der Waals surface area (Å²) in [7, 11) is 0. The number of hydrogen-bond donors (Lipinski definition) is 0. The van der Waals surface area contributed by atoms with Crippen molar-refractivity contribution in [1.82, 2.24) is 4.98 Å². The molecule has 0 aliphatic rings. The zero-order valence-electron chi connectivity index (χ0n) is 10.4. The number of carbonyl (C=O) groups excluding carboxylic acids is 1. The van der Waals surface area contributed by atoms with E-state index in [0.717, 1.165) is 0 Å². The van der Waals surface area contributed by atoms with E-state index in [0.29, 0.717) is 16.5 Å². The summed E-state index contributed by atoms with van der Waals surface area (Å²) < 4.78 is 5.46. The maximum atomic E-state index is 11.4. The number of Topliss-reactive ketones (excluding diaryl/α,β-unsaturated/α-hetero) is 1. The molecule has 6 nitrogen and oxygen atoms in total. The molecule has 0 N–H and O–H groups in total. The molecule has 0 unspecified atom stereocenters. The molecular formula is C13H9ClN2O4. The first-order valence-corrected chi connectivity index (χ1v) is 5.93. The Labute approximate surface area is 119 Å². The summed E-state index contributed by atoms with van der Waals surface area (Å²) in [6, 6.07) is 5.50. The molecule has 0 aliphatic heterocycles. The Bertz CT molecular complexity index is 688. The van der Waals surface area contributed by atoms with Crippen LogP contribution in [0.5, 0.6) is 11.5 Å². The van der Waals surface area contributed by atoms with Gasteiger partial charge in [-0.3, -0.25) is 19.9 Å². The van der Waals surface area contributed by atoms with Gasteiger partial charge >= 0.3 is 0 Å². The summed E-state index contributed by atoms with van der Waals surface area (Å²) in [5, 5.41) is 11.2. The van der Waals surface area contributed by atoms with Crippen LogP contribution in [0.3, 0.4) is 0 Å². The molecule has 0 saturated heterocycles. The molecule has 1 aromatic carbocycles. The maximum absolute atomic E-state index is 11.4. The third-order valence-corrected chi connectivity index (χ3v) is 2.67. The Morgan fingerprint density at radius 1 is 1.30 bits per heavy atom. The monoisotopic (exact) mass is 292 g/mol. The number of ether oxygens (including phenoxy) is 1. The molecule has 0 saturated carbocycles. The predicted molar refractivity (Wildman–Crippen MR) is 72.4 cm³/mol. The van der Waals surface area contributed by atoms with Crippen LogP contribution in [0.1, 0.15) is 17.3 Å². The van der Waals surface area contributed by atoms with E-state index >= 15 is 0 Å². The molecule has 0 atom stereocenters. The second kappa shape index (κ2) is 5.66. The van der Waals surface area contributed by atoms with Gasteiger partial charge in [0.1, 0.15) is 11.5 Å². The first kappa shape index (κ1) is 14.0. The van der Waals surface area contributed by atoms with Crippen LogP contribution < -0.4 is 4.74 Å². The van der Waals surface area contributed by atoms with Crippen LogP contribution in [-0.4, -0.2) is 15.7 Å². The predicted octanol–water partition coefficient (Wildman–Crippen LogP) is 3.64. The zero-order chi connectivity index (χ0) is 14.7. The van der Waals surface area contributed by atoms with E-state index in [-0.39, 0.29) is 11.3 Å². The molecule has 0 spiro atoms. The number of nitro groups is 1. The van der Waals surface area contributed by atoms with Crippen molar-refractivity contribution < 1.29 is 14.5 Å². The van der Waals surface area contributed by atoms with Crippen LogP contribution in [0, 0.1) is 10.1 Å². The van der Waals surface area contributed by atoms with Crippen molar-refractivity contribution in [2.24, 2.45) is 0 Å². The van der Waals surface area contributed by atoms with E-state index in [2.05, 4.69) is 4.98 Å². The Kier molecular flexibility index (Phi) is 3.95. The number of nitrogens with zero attached hydrogens (tertiary/aromatic N) is 2. The largest absolute Gasteiger partial charge is 0.456 e. The van der Waals surface area contributed by atoms with Crippen molar-refractivity contribution >= 4 is 23.1 Å². The van der Waals surface area contributed by atoms with Crippen molar-refractivity contribution in [2.45, 2.75) is 6.92 Å². The highest BCUT2D eigenvalue weighted by molar-refractivity contribution is 6.30. The third-order valence-electron chi connectivity index (χ3n) is 2.46. The van der Waals surface area contributed by atoms with Gasteiger partial charge in [0, 0.05) is 18.3 Å². The topological polar surface area (TPSA) is 82.3 Å². The fraction of sp³-hybridized carbons (Fsp3) is 0.0769. The minimum Gasteiger partial charge on any atom is -0.456 e. The highest BCUT2D eigenvalue weighted by Crippen LogP contribution is 2.28. The summed E-state index contributed by atoms with van der Waals surface area (Å²) >= 11 is 5.77. The lowest BCUT2D eigenvalue weighted by Crippen LogP contribution is -2.00. The lowest BCUT2D eigenvalue weighted by molar-refractivity contribution is -0.385. The first-order chi connectivity index (χ1) is 9.47. The van der Waals surface area contributed by atoms with Gasteiger partial charge in [-0.05, 0) is 19.1 Å². The van der Waals surface area contributed by atoms with Crippen LogP contribution in [0.25, 0.3) is 0 Å². The average molecular weight is 293 g/mol. The molecule has 2 aromatic rings. The second-order valence-corrected chi connectivity index (χ2v) is 4.37. The van der Waals surface area contributed by atoms with Gasteiger partial charge in [0.05, 0.1) is 21.7 Å². The third kappa shape index (κ3) is 3.10. The van der Waals surface area contributed by atoms with E-state index in [9.17, 15) is 14.9 Å². The number of benzene rings is 1. The van der Waals surface area contributed by atoms with E-state index < -0.39 is 10.7 Å². The number of hydrogen-bond acceptors (Lipinski definition) is 5. The molecule has 1 heterocycles. The second-order valence-electron chi connectivity index (χ2n) is 3.93. The van der Waals surface area contributed by atoms with Crippen molar-refractivity contribution in [3.05, 3.63) is 57.4 Å². The van der Waals surface area contributed by atoms with Crippen LogP contribution >= 0.6 is 11.6 Å². The van der Waals surface area contributed by atoms with Crippen molar-refractivity contribution in [3.8, 4) is 11.5 Å². The molecule has 7 heteroatoms. The van der Waals surface area contributed by atoms with Crippen molar-refractivity contribution in [3.63, 3.8) is 0 Å². The SMILES string of the molecule is CC(=O)c1cc(Oc2cncc(Cl)c2)ccc1[N+](=O)[O-]. The highest BCUT2D eigenvalue weighted by Gasteiger charge is 2.18. The van der Waals surface area contributed by atoms with Gasteiger partial charge in [-0.2, -0.15) is 0 Å². The van der Waals surface area contributed by atoms with Crippen LogP contribution in [0.15, 0.2) is 36.7 Å². The summed E-state index contributed by atoms with van der Waals surface area (Å²) in [6.45, 7) is 1.26. The molecule has 0 bridgehead atoms. The normalized spacial score (nSPS) is 10.1. The average Bonchev–Trinajstić information content (AvgIpc) is 2.38. The van der Waals surface area contributed by atoms with Crippen molar-refractivity contribution in [2.75, 3.05) is 0 Å². The number of ketones is 1. The lowest BCUT2D eigenvalue weighted by Gasteiger charge is -2.07. The lowest BCUT2D eigenvalue weighted by atomic mass is 10.1. The maximum Gasteiger partial charge on any atom is 0.280 e. The van der Waals surface area contributed by atoms with Gasteiger partial charge in [0.25, 0.3) is 5.69 Å². The van der Waals surface area contributed by atoms with E-state index in [1.54, 1.807) is 6.07 Å². The fourth-order valence-electron chi connectivity index (χ4n) is 1.60. The molecule has 0 amide bonds. The standard InChI is InChI=1S/C13H9ClN2O4/c1-8(17)12-5-10(2-3-13(12)16(18)19)20-11-4-9(14)6-15-7-11/h2-7H,1H3. The molecule has 102 valence electrons. The number of nitro benzene ring substituents is 1. The molecule has 20 heavy (non-hydrogen) atoms. The van der Waals surface area contributed by atoms with Gasteiger partial charge in [0.2, 0.25) is 0 Å². The number of rotatable bonds is 4. The highest BCUT2D eigenvalue weighted by atomic mass is 35.5. The van der Waals surface area contributed by atoms with Crippen LogP contribution in [-0.2, 0) is 0 Å². The summed E-state index contributed by atoms with van der Waals surface area (Å²) in [5.41, 5.74) is -0.267. The number of carbonyl (C=O) groups is 1. The van der Waals surface area contributed by atoms with Gasteiger partial charge in [-0.1, -0.05) is 11.6 Å². The number of aromatic nitrogens is 1.